The number of esters is 1. The van der Waals surface area contributed by atoms with Gasteiger partial charge in [0.1, 0.15) is 11.5 Å². The van der Waals surface area contributed by atoms with E-state index in [9.17, 15) is 14.7 Å². The van der Waals surface area contributed by atoms with Gasteiger partial charge in [0.15, 0.2) is 6.10 Å². The molecule has 0 aliphatic heterocycles. The van der Waals surface area contributed by atoms with Gasteiger partial charge >= 0.3 is 5.97 Å². The molecular weight excluding hydrogens is 372 g/mol. The van der Waals surface area contributed by atoms with Crippen molar-refractivity contribution in [3.05, 3.63) is 96.0 Å². The molecule has 0 saturated heterocycles. The maximum absolute atomic E-state index is 11.9. The molecule has 29 heavy (non-hydrogen) atoms. The van der Waals surface area contributed by atoms with Crippen molar-refractivity contribution >= 4 is 24.2 Å². The lowest BCUT2D eigenvalue weighted by atomic mass is 10.1. The van der Waals surface area contributed by atoms with Gasteiger partial charge in [-0.05, 0) is 53.6 Å². The van der Waals surface area contributed by atoms with Crippen LogP contribution in [0.1, 0.15) is 23.0 Å². The molecule has 0 spiro atoms. The van der Waals surface area contributed by atoms with Gasteiger partial charge in [-0.1, -0.05) is 30.3 Å². The SMILES string of the molecule is O=C(C=Cc1ccco1)Oc1ccc(C=NNC(=O)C(O)c2ccccc2)cc1. The normalized spacial score (nSPS) is 12.2. The van der Waals surface area contributed by atoms with Crippen LogP contribution in [0.2, 0.25) is 0 Å². The van der Waals surface area contributed by atoms with E-state index in [2.05, 4.69) is 10.5 Å². The number of aliphatic hydroxyl groups is 1. The number of hydrogen-bond acceptors (Lipinski definition) is 6. The van der Waals surface area contributed by atoms with E-state index in [-0.39, 0.29) is 0 Å². The minimum Gasteiger partial charge on any atom is -0.465 e. The fourth-order valence-corrected chi connectivity index (χ4v) is 2.33. The summed E-state index contributed by atoms with van der Waals surface area (Å²) in [4.78, 5) is 23.7. The van der Waals surface area contributed by atoms with E-state index in [4.69, 9.17) is 9.15 Å². The number of carbonyl (C=O) groups excluding carboxylic acids is 2. The van der Waals surface area contributed by atoms with E-state index in [1.165, 1.54) is 24.6 Å². The van der Waals surface area contributed by atoms with Crippen LogP contribution in [0, 0.1) is 0 Å². The van der Waals surface area contributed by atoms with Gasteiger partial charge in [0, 0.05) is 6.08 Å². The zero-order chi connectivity index (χ0) is 20.5. The van der Waals surface area contributed by atoms with Crippen molar-refractivity contribution in [2.45, 2.75) is 6.10 Å². The largest absolute Gasteiger partial charge is 0.465 e. The molecule has 0 radical (unpaired) electrons. The van der Waals surface area contributed by atoms with Gasteiger partial charge < -0.3 is 14.3 Å². The zero-order valence-electron chi connectivity index (χ0n) is 15.3. The first-order valence-electron chi connectivity index (χ1n) is 8.71. The van der Waals surface area contributed by atoms with E-state index in [0.717, 1.165) is 0 Å². The molecule has 0 aliphatic carbocycles. The fourth-order valence-electron chi connectivity index (χ4n) is 2.33. The van der Waals surface area contributed by atoms with E-state index >= 15 is 0 Å². The van der Waals surface area contributed by atoms with Crippen molar-refractivity contribution in [3.63, 3.8) is 0 Å². The van der Waals surface area contributed by atoms with Gasteiger partial charge in [-0.2, -0.15) is 5.10 Å². The number of ether oxygens (including phenoxy) is 1. The fraction of sp³-hybridized carbons (Fsp3) is 0.0455. The van der Waals surface area contributed by atoms with Gasteiger partial charge in [0.25, 0.3) is 5.91 Å². The molecule has 0 aliphatic rings. The minimum atomic E-state index is -1.30. The molecule has 0 saturated carbocycles. The summed E-state index contributed by atoms with van der Waals surface area (Å²) < 4.78 is 10.3. The zero-order valence-corrected chi connectivity index (χ0v) is 15.3. The monoisotopic (exact) mass is 390 g/mol. The van der Waals surface area contributed by atoms with Gasteiger partial charge in [0.05, 0.1) is 12.5 Å². The first-order chi connectivity index (χ1) is 14.1. The lowest BCUT2D eigenvalue weighted by Gasteiger charge is -2.08. The second-order valence-corrected chi connectivity index (χ2v) is 5.89. The Hall–Kier alpha value is -3.97. The Morgan fingerprint density at radius 2 is 1.79 bits per heavy atom. The predicted octanol–water partition coefficient (Wildman–Crippen LogP) is 3.08. The van der Waals surface area contributed by atoms with Gasteiger partial charge in [-0.15, -0.1) is 0 Å². The van der Waals surface area contributed by atoms with Crippen LogP contribution in [-0.2, 0) is 9.59 Å². The van der Waals surface area contributed by atoms with Gasteiger partial charge in [-0.3, -0.25) is 4.79 Å². The molecule has 3 aromatic rings. The number of nitrogens with one attached hydrogen (secondary N) is 1. The van der Waals surface area contributed by atoms with Crippen LogP contribution in [0.15, 0.2) is 88.6 Å². The molecule has 1 unspecified atom stereocenters. The standard InChI is InChI=1S/C22H18N2O5/c25-20(13-12-18-7-4-14-28-18)29-19-10-8-16(9-11-19)15-23-24-22(27)21(26)17-5-2-1-3-6-17/h1-15,21,26H,(H,24,27). The first-order valence-corrected chi connectivity index (χ1v) is 8.71. The van der Waals surface area contributed by atoms with Gasteiger partial charge in [0.2, 0.25) is 0 Å². The summed E-state index contributed by atoms with van der Waals surface area (Å²) in [7, 11) is 0. The summed E-state index contributed by atoms with van der Waals surface area (Å²) in [5.74, 6) is -0.265. The topological polar surface area (TPSA) is 101 Å². The van der Waals surface area contributed by atoms with Crippen LogP contribution in [0.5, 0.6) is 5.75 Å². The maximum atomic E-state index is 11.9. The molecule has 3 rings (SSSR count). The molecule has 7 nitrogen and oxygen atoms in total. The Morgan fingerprint density at radius 1 is 1.03 bits per heavy atom. The Kier molecular flexibility index (Phi) is 6.70. The maximum Gasteiger partial charge on any atom is 0.336 e. The second-order valence-electron chi connectivity index (χ2n) is 5.89. The molecule has 2 N–H and O–H groups in total. The molecule has 1 amide bonds. The number of aliphatic hydroxyl groups excluding tert-OH is 1. The summed E-state index contributed by atoms with van der Waals surface area (Å²) >= 11 is 0. The first kappa shape index (κ1) is 19.8. The number of carbonyl (C=O) groups is 2. The summed E-state index contributed by atoms with van der Waals surface area (Å²) in [5.41, 5.74) is 3.43. The van der Waals surface area contributed by atoms with Crippen molar-refractivity contribution < 1.29 is 23.8 Å². The molecule has 2 aromatic carbocycles. The lowest BCUT2D eigenvalue weighted by molar-refractivity contribution is -0.130. The number of rotatable bonds is 7. The van der Waals surface area contributed by atoms with E-state index < -0.39 is 18.0 Å². The minimum absolute atomic E-state index is 0.361. The average Bonchev–Trinajstić information content (AvgIpc) is 3.27. The highest BCUT2D eigenvalue weighted by atomic mass is 16.5. The molecule has 146 valence electrons. The third-order valence-electron chi connectivity index (χ3n) is 3.78. The van der Waals surface area contributed by atoms with Crippen molar-refractivity contribution in [3.8, 4) is 5.75 Å². The molecule has 7 heteroatoms. The third-order valence-corrected chi connectivity index (χ3v) is 3.78. The van der Waals surface area contributed by atoms with Crippen LogP contribution in [-0.4, -0.2) is 23.2 Å². The van der Waals surface area contributed by atoms with Crippen molar-refractivity contribution in [2.24, 2.45) is 5.10 Å². The molecule has 0 fully saturated rings. The van der Waals surface area contributed by atoms with Crippen LogP contribution < -0.4 is 10.2 Å². The third kappa shape index (κ3) is 6.02. The van der Waals surface area contributed by atoms with Crippen molar-refractivity contribution in [1.29, 1.82) is 0 Å². The van der Waals surface area contributed by atoms with E-state index in [1.807, 2.05) is 0 Å². The predicted molar refractivity (Wildman–Crippen MR) is 107 cm³/mol. The lowest BCUT2D eigenvalue weighted by Crippen LogP contribution is -2.25. The molecule has 0 bridgehead atoms. The van der Waals surface area contributed by atoms with Crippen LogP contribution in [0.3, 0.4) is 0 Å². The molecule has 1 atom stereocenters. The number of benzene rings is 2. The highest BCUT2D eigenvalue weighted by Crippen LogP contribution is 2.13. The molecule has 1 aromatic heterocycles. The highest BCUT2D eigenvalue weighted by molar-refractivity contribution is 5.88. The number of nitrogens with zero attached hydrogens (tertiary/aromatic N) is 1. The summed E-state index contributed by atoms with van der Waals surface area (Å²) in [5, 5.41) is 13.8. The van der Waals surface area contributed by atoms with Crippen molar-refractivity contribution in [1.82, 2.24) is 5.43 Å². The van der Waals surface area contributed by atoms with Crippen LogP contribution >= 0.6 is 0 Å². The molecular formula is C22H18N2O5. The smallest absolute Gasteiger partial charge is 0.336 e. The number of hydrogen-bond donors (Lipinski definition) is 2. The van der Waals surface area contributed by atoms with Crippen molar-refractivity contribution in [2.75, 3.05) is 0 Å². The molecule has 1 heterocycles. The Bertz CT molecular complexity index is 993. The number of hydrazone groups is 1. The Balaban J connectivity index is 1.49. The highest BCUT2D eigenvalue weighted by Gasteiger charge is 2.15. The summed E-state index contributed by atoms with van der Waals surface area (Å²) in [6, 6.07) is 18.5. The second kappa shape index (κ2) is 9.82. The van der Waals surface area contributed by atoms with Gasteiger partial charge in [-0.25, -0.2) is 10.2 Å². The van der Waals surface area contributed by atoms with E-state index in [0.29, 0.717) is 22.6 Å². The van der Waals surface area contributed by atoms with Crippen LogP contribution in [0.4, 0.5) is 0 Å². The van der Waals surface area contributed by atoms with Crippen LogP contribution in [0.25, 0.3) is 6.08 Å². The quantitative estimate of drug-likeness (QED) is 0.212. The Labute approximate surface area is 166 Å². The average molecular weight is 390 g/mol. The Morgan fingerprint density at radius 3 is 2.48 bits per heavy atom. The van der Waals surface area contributed by atoms with E-state index in [1.54, 1.807) is 66.7 Å². The summed E-state index contributed by atoms with van der Waals surface area (Å²) in [6.07, 6.45) is 4.40. The number of furan rings is 1. The number of amides is 1. The summed E-state index contributed by atoms with van der Waals surface area (Å²) in [6.45, 7) is 0.